The maximum absolute atomic E-state index is 11.3. The molecule has 0 heterocycles. The maximum atomic E-state index is 11.3. The SMILES string of the molecule is CN=C(NCc1ccc(S(N)(=O)=O)cc1)NCC1(c2ccccc2)CCC1.I. The van der Waals surface area contributed by atoms with E-state index in [2.05, 4.69) is 39.9 Å². The Kier molecular flexibility index (Phi) is 7.85. The second-order valence-electron chi connectivity index (χ2n) is 6.97. The number of rotatable bonds is 6. The Morgan fingerprint density at radius 3 is 2.21 bits per heavy atom. The van der Waals surface area contributed by atoms with Crippen LogP contribution in [0.2, 0.25) is 0 Å². The molecule has 1 saturated carbocycles. The van der Waals surface area contributed by atoms with E-state index in [1.165, 1.54) is 37.0 Å². The van der Waals surface area contributed by atoms with Crippen LogP contribution in [0.5, 0.6) is 0 Å². The predicted molar refractivity (Wildman–Crippen MR) is 123 cm³/mol. The van der Waals surface area contributed by atoms with Crippen LogP contribution in [-0.4, -0.2) is 28.0 Å². The van der Waals surface area contributed by atoms with Gasteiger partial charge in [-0.15, -0.1) is 24.0 Å². The molecular weight excluding hydrogens is 487 g/mol. The number of primary sulfonamides is 1. The van der Waals surface area contributed by atoms with Crippen LogP contribution < -0.4 is 15.8 Å². The quantitative estimate of drug-likeness (QED) is 0.314. The lowest BCUT2D eigenvalue weighted by Gasteiger charge is -2.43. The van der Waals surface area contributed by atoms with Crippen molar-refractivity contribution in [1.82, 2.24) is 10.6 Å². The number of nitrogens with one attached hydrogen (secondary N) is 2. The fourth-order valence-corrected chi connectivity index (χ4v) is 3.93. The summed E-state index contributed by atoms with van der Waals surface area (Å²) in [5, 5.41) is 11.8. The Bertz CT molecular complexity index is 896. The molecule has 0 unspecified atom stereocenters. The van der Waals surface area contributed by atoms with Crippen molar-refractivity contribution in [2.75, 3.05) is 13.6 Å². The highest BCUT2D eigenvalue weighted by Gasteiger charge is 2.38. The van der Waals surface area contributed by atoms with Crippen LogP contribution in [0, 0.1) is 0 Å². The summed E-state index contributed by atoms with van der Waals surface area (Å²) >= 11 is 0. The first-order valence-corrected chi connectivity index (χ1v) is 10.6. The average Bonchev–Trinajstić information content (AvgIpc) is 2.64. The van der Waals surface area contributed by atoms with Gasteiger partial charge in [0, 0.05) is 25.6 Å². The maximum Gasteiger partial charge on any atom is 0.238 e. The van der Waals surface area contributed by atoms with Crippen LogP contribution >= 0.6 is 24.0 Å². The summed E-state index contributed by atoms with van der Waals surface area (Å²) in [5.41, 5.74) is 2.50. The van der Waals surface area contributed by atoms with E-state index in [0.29, 0.717) is 6.54 Å². The van der Waals surface area contributed by atoms with Crippen LogP contribution in [0.15, 0.2) is 64.5 Å². The van der Waals surface area contributed by atoms with E-state index in [-0.39, 0.29) is 34.3 Å². The molecule has 152 valence electrons. The van der Waals surface area contributed by atoms with Crippen molar-refractivity contribution in [3.63, 3.8) is 0 Å². The summed E-state index contributed by atoms with van der Waals surface area (Å²) < 4.78 is 22.6. The van der Waals surface area contributed by atoms with Crippen LogP contribution in [0.1, 0.15) is 30.4 Å². The van der Waals surface area contributed by atoms with Crippen molar-refractivity contribution in [3.05, 3.63) is 65.7 Å². The molecule has 0 bridgehead atoms. The van der Waals surface area contributed by atoms with E-state index < -0.39 is 10.0 Å². The molecule has 0 saturated heterocycles. The van der Waals surface area contributed by atoms with E-state index >= 15 is 0 Å². The molecule has 2 aromatic rings. The molecule has 0 atom stereocenters. The molecule has 3 rings (SSSR count). The van der Waals surface area contributed by atoms with Gasteiger partial charge in [-0.2, -0.15) is 0 Å². The topological polar surface area (TPSA) is 96.6 Å². The van der Waals surface area contributed by atoms with Crippen molar-refractivity contribution in [3.8, 4) is 0 Å². The minimum absolute atomic E-state index is 0. The summed E-state index contributed by atoms with van der Waals surface area (Å²) in [4.78, 5) is 4.41. The van der Waals surface area contributed by atoms with Gasteiger partial charge in [-0.1, -0.05) is 48.9 Å². The molecule has 4 N–H and O–H groups in total. The lowest BCUT2D eigenvalue weighted by Crippen LogP contribution is -2.48. The number of nitrogens with zero attached hydrogens (tertiary/aromatic N) is 1. The summed E-state index contributed by atoms with van der Waals surface area (Å²) in [7, 11) is -1.91. The molecule has 6 nitrogen and oxygen atoms in total. The number of halogens is 1. The highest BCUT2D eigenvalue weighted by Crippen LogP contribution is 2.43. The second-order valence-corrected chi connectivity index (χ2v) is 8.53. The predicted octanol–water partition coefficient (Wildman–Crippen LogP) is 2.74. The van der Waals surface area contributed by atoms with Crippen molar-refractivity contribution in [1.29, 1.82) is 0 Å². The standard InChI is InChI=1S/C20H26N4O2S.HI/c1-22-19(23-14-16-8-10-18(11-9-16)27(21,25)26)24-15-20(12-5-13-20)17-6-3-2-4-7-17;/h2-4,6-11H,5,12-15H2,1H3,(H2,21,25,26)(H2,22,23,24);1H. The first-order valence-electron chi connectivity index (χ1n) is 9.05. The van der Waals surface area contributed by atoms with Crippen LogP contribution in [-0.2, 0) is 22.0 Å². The molecule has 2 aromatic carbocycles. The second kappa shape index (κ2) is 9.71. The molecule has 1 fully saturated rings. The lowest BCUT2D eigenvalue weighted by atomic mass is 9.64. The van der Waals surface area contributed by atoms with Gasteiger partial charge in [-0.3, -0.25) is 4.99 Å². The number of aliphatic imine (C=N–C) groups is 1. The third-order valence-electron chi connectivity index (χ3n) is 5.23. The van der Waals surface area contributed by atoms with Crippen molar-refractivity contribution in [2.45, 2.75) is 36.1 Å². The first-order chi connectivity index (χ1) is 12.9. The number of hydrogen-bond donors (Lipinski definition) is 3. The van der Waals surface area contributed by atoms with Crippen LogP contribution in [0.4, 0.5) is 0 Å². The van der Waals surface area contributed by atoms with Crippen molar-refractivity contribution >= 4 is 40.0 Å². The van der Waals surface area contributed by atoms with Gasteiger partial charge in [0.1, 0.15) is 0 Å². The van der Waals surface area contributed by atoms with E-state index in [9.17, 15) is 8.42 Å². The Balaban J connectivity index is 0.00000280. The minimum atomic E-state index is -3.66. The number of benzene rings is 2. The Hall–Kier alpha value is -1.65. The molecule has 1 aliphatic carbocycles. The third-order valence-corrected chi connectivity index (χ3v) is 6.16. The number of hydrogen-bond acceptors (Lipinski definition) is 3. The van der Waals surface area contributed by atoms with Crippen LogP contribution in [0.25, 0.3) is 0 Å². The molecule has 0 radical (unpaired) electrons. The molecule has 0 aliphatic heterocycles. The largest absolute Gasteiger partial charge is 0.356 e. The van der Waals surface area contributed by atoms with Gasteiger partial charge in [-0.05, 0) is 36.1 Å². The molecule has 28 heavy (non-hydrogen) atoms. The first kappa shape index (κ1) is 22.6. The smallest absolute Gasteiger partial charge is 0.238 e. The molecule has 0 spiro atoms. The lowest BCUT2D eigenvalue weighted by molar-refractivity contribution is 0.244. The highest BCUT2D eigenvalue weighted by atomic mass is 127. The van der Waals surface area contributed by atoms with Gasteiger partial charge in [0.15, 0.2) is 5.96 Å². The van der Waals surface area contributed by atoms with Gasteiger partial charge in [0.25, 0.3) is 0 Å². The summed E-state index contributed by atoms with van der Waals surface area (Å²) in [6.07, 6.45) is 3.60. The van der Waals surface area contributed by atoms with E-state index in [1.54, 1.807) is 19.2 Å². The molecular formula is C20H27IN4O2S. The summed E-state index contributed by atoms with van der Waals surface area (Å²) in [6, 6.07) is 17.2. The van der Waals surface area contributed by atoms with E-state index in [1.807, 2.05) is 6.07 Å². The monoisotopic (exact) mass is 514 g/mol. The van der Waals surface area contributed by atoms with Gasteiger partial charge >= 0.3 is 0 Å². The zero-order valence-corrected chi connectivity index (χ0v) is 19.0. The zero-order valence-electron chi connectivity index (χ0n) is 15.9. The summed E-state index contributed by atoms with van der Waals surface area (Å²) in [6.45, 7) is 1.38. The normalized spacial score (nSPS) is 15.9. The molecule has 0 aromatic heterocycles. The molecule has 0 amide bonds. The van der Waals surface area contributed by atoms with E-state index in [0.717, 1.165) is 18.1 Å². The average molecular weight is 514 g/mol. The number of sulfonamides is 1. The summed E-state index contributed by atoms with van der Waals surface area (Å²) in [5.74, 6) is 0.729. The van der Waals surface area contributed by atoms with Crippen LogP contribution in [0.3, 0.4) is 0 Å². The Morgan fingerprint density at radius 2 is 1.71 bits per heavy atom. The van der Waals surface area contributed by atoms with Gasteiger partial charge in [-0.25, -0.2) is 13.6 Å². The van der Waals surface area contributed by atoms with Crippen molar-refractivity contribution in [2.24, 2.45) is 10.1 Å². The van der Waals surface area contributed by atoms with Gasteiger partial charge < -0.3 is 10.6 Å². The van der Waals surface area contributed by atoms with Gasteiger partial charge in [0.2, 0.25) is 10.0 Å². The van der Waals surface area contributed by atoms with Gasteiger partial charge in [0.05, 0.1) is 4.90 Å². The molecule has 1 aliphatic rings. The third kappa shape index (κ3) is 5.45. The highest BCUT2D eigenvalue weighted by molar-refractivity contribution is 14.0. The molecule has 8 heteroatoms. The zero-order chi connectivity index (χ0) is 19.3. The minimum Gasteiger partial charge on any atom is -0.356 e. The van der Waals surface area contributed by atoms with E-state index in [4.69, 9.17) is 5.14 Å². The number of guanidine groups is 1. The van der Waals surface area contributed by atoms with Crippen molar-refractivity contribution < 1.29 is 8.42 Å². The fourth-order valence-electron chi connectivity index (χ4n) is 3.42. The number of nitrogens with two attached hydrogens (primary N) is 1. The Labute approximate surface area is 184 Å². The Morgan fingerprint density at radius 1 is 1.07 bits per heavy atom. The fraction of sp³-hybridized carbons (Fsp3) is 0.350.